The first-order valence-electron chi connectivity index (χ1n) is 5.97. The van der Waals surface area contributed by atoms with Gasteiger partial charge in [-0.05, 0) is 18.6 Å². The summed E-state index contributed by atoms with van der Waals surface area (Å²) in [4.78, 5) is 26.2. The zero-order valence-corrected chi connectivity index (χ0v) is 10.3. The second-order valence-electron chi connectivity index (χ2n) is 4.44. The Balaban J connectivity index is 1.97. The quantitative estimate of drug-likeness (QED) is 0.856. The SMILES string of the molecule is O=C1CCC(NC(=O)c2ccc(C(F)(F)F)cn2)CN1. The highest BCUT2D eigenvalue weighted by atomic mass is 19.4. The van der Waals surface area contributed by atoms with E-state index in [0.29, 0.717) is 25.6 Å². The Morgan fingerprint density at radius 1 is 1.40 bits per heavy atom. The summed E-state index contributed by atoms with van der Waals surface area (Å²) in [5.74, 6) is -0.636. The Hall–Kier alpha value is -2.12. The van der Waals surface area contributed by atoms with E-state index in [4.69, 9.17) is 0 Å². The molecule has 2 rings (SSSR count). The summed E-state index contributed by atoms with van der Waals surface area (Å²) in [5.41, 5.74) is -0.992. The lowest BCUT2D eigenvalue weighted by Crippen LogP contribution is -2.47. The van der Waals surface area contributed by atoms with Gasteiger partial charge >= 0.3 is 6.18 Å². The van der Waals surface area contributed by atoms with Crippen molar-refractivity contribution in [3.8, 4) is 0 Å². The molecule has 1 aromatic heterocycles. The average molecular weight is 287 g/mol. The molecule has 2 heterocycles. The molecule has 0 aromatic carbocycles. The fourth-order valence-electron chi connectivity index (χ4n) is 1.81. The predicted octanol–water partition coefficient (Wildman–Crippen LogP) is 1.11. The zero-order valence-electron chi connectivity index (χ0n) is 10.3. The van der Waals surface area contributed by atoms with Gasteiger partial charge in [-0.3, -0.25) is 14.6 Å². The third-order valence-corrected chi connectivity index (χ3v) is 2.92. The van der Waals surface area contributed by atoms with E-state index in [1.54, 1.807) is 0 Å². The van der Waals surface area contributed by atoms with Gasteiger partial charge in [0.05, 0.1) is 5.56 Å². The summed E-state index contributed by atoms with van der Waals surface area (Å²) in [6.07, 6.45) is -3.04. The fourth-order valence-corrected chi connectivity index (χ4v) is 1.81. The molecule has 1 unspecified atom stereocenters. The second kappa shape index (κ2) is 5.48. The number of nitrogens with zero attached hydrogens (tertiary/aromatic N) is 1. The Kier molecular flexibility index (Phi) is 3.91. The molecule has 0 spiro atoms. The van der Waals surface area contributed by atoms with Crippen molar-refractivity contribution < 1.29 is 22.8 Å². The molecule has 2 amide bonds. The molecule has 0 radical (unpaired) electrons. The topological polar surface area (TPSA) is 71.1 Å². The van der Waals surface area contributed by atoms with Gasteiger partial charge in [-0.1, -0.05) is 0 Å². The number of hydrogen-bond donors (Lipinski definition) is 2. The van der Waals surface area contributed by atoms with Gasteiger partial charge in [-0.2, -0.15) is 13.2 Å². The molecule has 108 valence electrons. The highest BCUT2D eigenvalue weighted by Crippen LogP contribution is 2.28. The summed E-state index contributed by atoms with van der Waals surface area (Å²) < 4.78 is 37.0. The molecule has 0 bridgehead atoms. The molecular weight excluding hydrogens is 275 g/mol. The van der Waals surface area contributed by atoms with Crippen LogP contribution in [0.3, 0.4) is 0 Å². The van der Waals surface area contributed by atoms with Crippen LogP contribution in [0.25, 0.3) is 0 Å². The van der Waals surface area contributed by atoms with Gasteiger partial charge in [-0.15, -0.1) is 0 Å². The molecule has 0 aliphatic carbocycles. The number of halogens is 3. The average Bonchev–Trinajstić information content (AvgIpc) is 2.40. The molecule has 1 fully saturated rings. The van der Waals surface area contributed by atoms with E-state index in [0.717, 1.165) is 12.1 Å². The monoisotopic (exact) mass is 287 g/mol. The van der Waals surface area contributed by atoms with Crippen molar-refractivity contribution in [2.75, 3.05) is 6.54 Å². The summed E-state index contributed by atoms with van der Waals surface area (Å²) in [6.45, 7) is 0.311. The maximum absolute atomic E-state index is 12.3. The van der Waals surface area contributed by atoms with Gasteiger partial charge < -0.3 is 10.6 Å². The van der Waals surface area contributed by atoms with Gasteiger partial charge in [0, 0.05) is 25.2 Å². The van der Waals surface area contributed by atoms with Gasteiger partial charge in [0.2, 0.25) is 5.91 Å². The number of hydrogen-bond acceptors (Lipinski definition) is 3. The van der Waals surface area contributed by atoms with Crippen LogP contribution >= 0.6 is 0 Å². The number of alkyl halides is 3. The minimum Gasteiger partial charge on any atom is -0.354 e. The molecule has 1 saturated heterocycles. The van der Waals surface area contributed by atoms with E-state index in [9.17, 15) is 22.8 Å². The Morgan fingerprint density at radius 2 is 2.15 bits per heavy atom. The van der Waals surface area contributed by atoms with Crippen molar-refractivity contribution in [3.05, 3.63) is 29.6 Å². The van der Waals surface area contributed by atoms with E-state index in [2.05, 4.69) is 15.6 Å². The smallest absolute Gasteiger partial charge is 0.354 e. The normalized spacial score (nSPS) is 19.4. The van der Waals surface area contributed by atoms with Crippen LogP contribution in [0.2, 0.25) is 0 Å². The summed E-state index contributed by atoms with van der Waals surface area (Å²) >= 11 is 0. The molecule has 5 nitrogen and oxygen atoms in total. The highest BCUT2D eigenvalue weighted by molar-refractivity contribution is 5.92. The molecule has 20 heavy (non-hydrogen) atoms. The van der Waals surface area contributed by atoms with E-state index in [1.807, 2.05) is 0 Å². The maximum Gasteiger partial charge on any atom is 0.417 e. The van der Waals surface area contributed by atoms with Crippen LogP contribution in [0, 0.1) is 0 Å². The molecule has 0 saturated carbocycles. The fraction of sp³-hybridized carbons (Fsp3) is 0.417. The Labute approximate surface area is 112 Å². The van der Waals surface area contributed by atoms with Crippen LogP contribution in [-0.2, 0) is 11.0 Å². The van der Waals surface area contributed by atoms with Gasteiger partial charge in [-0.25, -0.2) is 0 Å². The predicted molar refractivity (Wildman–Crippen MR) is 62.7 cm³/mol. The molecule has 1 aliphatic heterocycles. The summed E-state index contributed by atoms with van der Waals surface area (Å²) in [5, 5.41) is 5.21. The van der Waals surface area contributed by atoms with E-state index < -0.39 is 17.6 Å². The number of nitrogens with one attached hydrogen (secondary N) is 2. The first kappa shape index (κ1) is 14.3. The standard InChI is InChI=1S/C12H12F3N3O2/c13-12(14,15)7-1-3-9(16-5-7)11(20)18-8-2-4-10(19)17-6-8/h1,3,5,8H,2,4,6H2,(H,17,19)(H,18,20). The first-order valence-corrected chi connectivity index (χ1v) is 5.97. The molecule has 1 aliphatic rings. The number of piperidine rings is 1. The summed E-state index contributed by atoms with van der Waals surface area (Å²) in [6, 6.07) is 1.61. The van der Waals surface area contributed by atoms with Crippen LogP contribution in [0.1, 0.15) is 28.9 Å². The van der Waals surface area contributed by atoms with E-state index in [-0.39, 0.29) is 17.6 Å². The lowest BCUT2D eigenvalue weighted by molar-refractivity contribution is -0.137. The van der Waals surface area contributed by atoms with Crippen LogP contribution in [0.15, 0.2) is 18.3 Å². The number of rotatable bonds is 2. The van der Waals surface area contributed by atoms with Gasteiger partial charge in [0.1, 0.15) is 5.69 Å². The van der Waals surface area contributed by atoms with Crippen molar-refractivity contribution >= 4 is 11.8 Å². The maximum atomic E-state index is 12.3. The molecule has 1 atom stereocenters. The van der Waals surface area contributed by atoms with Crippen LogP contribution in [0.5, 0.6) is 0 Å². The molecule has 2 N–H and O–H groups in total. The van der Waals surface area contributed by atoms with Crippen LogP contribution in [0.4, 0.5) is 13.2 Å². The number of aromatic nitrogens is 1. The Bertz CT molecular complexity index is 504. The number of carbonyl (C=O) groups is 2. The van der Waals surface area contributed by atoms with Crippen molar-refractivity contribution in [2.45, 2.75) is 25.1 Å². The largest absolute Gasteiger partial charge is 0.417 e. The van der Waals surface area contributed by atoms with Gasteiger partial charge in [0.25, 0.3) is 5.91 Å². The lowest BCUT2D eigenvalue weighted by Gasteiger charge is -2.23. The van der Waals surface area contributed by atoms with Crippen molar-refractivity contribution in [3.63, 3.8) is 0 Å². The third kappa shape index (κ3) is 3.46. The highest BCUT2D eigenvalue weighted by Gasteiger charge is 2.31. The lowest BCUT2D eigenvalue weighted by atomic mass is 10.1. The number of pyridine rings is 1. The number of amides is 2. The van der Waals surface area contributed by atoms with E-state index >= 15 is 0 Å². The van der Waals surface area contributed by atoms with Crippen LogP contribution in [-0.4, -0.2) is 29.4 Å². The molecule has 8 heteroatoms. The molecule has 1 aromatic rings. The van der Waals surface area contributed by atoms with Crippen molar-refractivity contribution in [1.29, 1.82) is 0 Å². The van der Waals surface area contributed by atoms with Crippen molar-refractivity contribution in [1.82, 2.24) is 15.6 Å². The molecular formula is C12H12F3N3O2. The zero-order chi connectivity index (χ0) is 14.8. The minimum absolute atomic E-state index is 0.0804. The second-order valence-corrected chi connectivity index (χ2v) is 4.44. The first-order chi connectivity index (χ1) is 9.36. The van der Waals surface area contributed by atoms with Crippen molar-refractivity contribution in [2.24, 2.45) is 0 Å². The van der Waals surface area contributed by atoms with Crippen LogP contribution < -0.4 is 10.6 Å². The Morgan fingerprint density at radius 3 is 2.65 bits per heavy atom. The number of carbonyl (C=O) groups excluding carboxylic acids is 2. The third-order valence-electron chi connectivity index (χ3n) is 2.92. The van der Waals surface area contributed by atoms with Gasteiger partial charge in [0.15, 0.2) is 0 Å². The minimum atomic E-state index is -4.48. The van der Waals surface area contributed by atoms with E-state index in [1.165, 1.54) is 0 Å². The summed E-state index contributed by atoms with van der Waals surface area (Å²) in [7, 11) is 0.